The highest BCUT2D eigenvalue weighted by Crippen LogP contribution is 2.37. The van der Waals surface area contributed by atoms with Crippen LogP contribution in [0.4, 0.5) is 5.69 Å². The van der Waals surface area contributed by atoms with E-state index in [0.29, 0.717) is 41.4 Å². The number of carbonyl (C=O) groups is 1. The van der Waals surface area contributed by atoms with E-state index in [9.17, 15) is 4.79 Å². The summed E-state index contributed by atoms with van der Waals surface area (Å²) in [7, 11) is 8.58. The number of Topliss-reactive ketones (excluding diaryl/α,β-unsaturated/α-hetero) is 1. The third-order valence-corrected chi connectivity index (χ3v) is 4.72. The van der Waals surface area contributed by atoms with E-state index in [0.717, 1.165) is 17.0 Å². The van der Waals surface area contributed by atoms with Gasteiger partial charge in [0.05, 0.1) is 33.6 Å². The molecule has 0 aliphatic rings. The normalized spacial score (nSPS) is 11.1. The van der Waals surface area contributed by atoms with Crippen LogP contribution in [-0.2, 0) is 0 Å². The summed E-state index contributed by atoms with van der Waals surface area (Å²) in [6.07, 6.45) is 2.39. The van der Waals surface area contributed by atoms with Crippen molar-refractivity contribution in [1.82, 2.24) is 0 Å². The molecule has 30 heavy (non-hydrogen) atoms. The minimum Gasteiger partial charge on any atom is -0.497 e. The van der Waals surface area contributed by atoms with Gasteiger partial charge in [0.25, 0.3) is 0 Å². The third-order valence-electron chi connectivity index (χ3n) is 4.72. The summed E-state index contributed by atoms with van der Waals surface area (Å²) >= 11 is 0. The van der Waals surface area contributed by atoms with Gasteiger partial charge in [-0.3, -0.25) is 4.79 Å². The molecule has 0 aliphatic carbocycles. The number of benzene rings is 2. The van der Waals surface area contributed by atoms with E-state index < -0.39 is 0 Å². The molecule has 0 unspecified atom stereocenters. The van der Waals surface area contributed by atoms with Gasteiger partial charge in [-0.05, 0) is 43.7 Å². The average molecular weight is 414 g/mol. The molecule has 2 aromatic carbocycles. The number of allylic oxidation sites excluding steroid dienone is 1. The molecule has 2 aromatic rings. The van der Waals surface area contributed by atoms with Crippen molar-refractivity contribution in [3.05, 3.63) is 47.0 Å². The van der Waals surface area contributed by atoms with Crippen molar-refractivity contribution in [3.63, 3.8) is 0 Å². The first-order valence-electron chi connectivity index (χ1n) is 9.89. The van der Waals surface area contributed by atoms with Crippen LogP contribution in [0.3, 0.4) is 0 Å². The van der Waals surface area contributed by atoms with Crippen LogP contribution in [0.25, 0.3) is 6.08 Å². The summed E-state index contributed by atoms with van der Waals surface area (Å²) in [4.78, 5) is 15.2. The Morgan fingerprint density at radius 1 is 0.967 bits per heavy atom. The summed E-state index contributed by atoms with van der Waals surface area (Å²) in [5.74, 6) is 2.42. The SMILES string of the molecule is CCOc1ccc(C(=O)/C(=C/c2cc(OC)cc(OC)c2OC)CC)cc1N(C)C. The average Bonchev–Trinajstić information content (AvgIpc) is 2.76. The van der Waals surface area contributed by atoms with Crippen LogP contribution in [0.2, 0.25) is 0 Å². The predicted octanol–water partition coefficient (Wildman–Crippen LogP) is 4.85. The first-order chi connectivity index (χ1) is 14.4. The second-order valence-corrected chi connectivity index (χ2v) is 6.81. The minimum absolute atomic E-state index is 0.0486. The molecule has 0 spiro atoms. The molecule has 2 rings (SSSR count). The van der Waals surface area contributed by atoms with Gasteiger partial charge in [0.2, 0.25) is 0 Å². The fourth-order valence-electron chi connectivity index (χ4n) is 3.18. The number of nitrogens with zero attached hydrogens (tertiary/aromatic N) is 1. The largest absolute Gasteiger partial charge is 0.497 e. The van der Waals surface area contributed by atoms with Crippen LogP contribution >= 0.6 is 0 Å². The van der Waals surface area contributed by atoms with Gasteiger partial charge in [0.15, 0.2) is 17.3 Å². The molecule has 6 heteroatoms. The molecule has 0 aromatic heterocycles. The van der Waals surface area contributed by atoms with Gasteiger partial charge >= 0.3 is 0 Å². The number of rotatable bonds is 10. The lowest BCUT2D eigenvalue weighted by atomic mass is 9.97. The number of hydrogen-bond donors (Lipinski definition) is 0. The lowest BCUT2D eigenvalue weighted by Gasteiger charge is -2.18. The third kappa shape index (κ3) is 5.06. The van der Waals surface area contributed by atoms with Gasteiger partial charge in [0.1, 0.15) is 11.5 Å². The van der Waals surface area contributed by atoms with E-state index in [-0.39, 0.29) is 5.78 Å². The Bertz CT molecular complexity index is 918. The Morgan fingerprint density at radius 2 is 1.70 bits per heavy atom. The van der Waals surface area contributed by atoms with E-state index in [4.69, 9.17) is 18.9 Å². The summed E-state index contributed by atoms with van der Waals surface area (Å²) in [6.45, 7) is 4.45. The molecule has 0 radical (unpaired) electrons. The molecule has 0 saturated heterocycles. The summed E-state index contributed by atoms with van der Waals surface area (Å²) in [5, 5.41) is 0. The topological polar surface area (TPSA) is 57.2 Å². The summed E-state index contributed by atoms with van der Waals surface area (Å²) in [6, 6.07) is 9.08. The predicted molar refractivity (Wildman–Crippen MR) is 121 cm³/mol. The zero-order chi connectivity index (χ0) is 22.3. The first-order valence-corrected chi connectivity index (χ1v) is 9.89. The van der Waals surface area contributed by atoms with Gasteiger partial charge in [-0.25, -0.2) is 0 Å². The van der Waals surface area contributed by atoms with Gasteiger partial charge < -0.3 is 23.8 Å². The number of ketones is 1. The molecule has 0 heterocycles. The zero-order valence-corrected chi connectivity index (χ0v) is 18.9. The molecule has 0 N–H and O–H groups in total. The smallest absolute Gasteiger partial charge is 0.189 e. The van der Waals surface area contributed by atoms with Crippen LogP contribution in [0, 0.1) is 0 Å². The van der Waals surface area contributed by atoms with Crippen LogP contribution < -0.4 is 23.8 Å². The molecule has 0 bridgehead atoms. The molecule has 6 nitrogen and oxygen atoms in total. The fraction of sp³-hybridized carbons (Fsp3) is 0.375. The molecule has 162 valence electrons. The highest BCUT2D eigenvalue weighted by atomic mass is 16.5. The van der Waals surface area contributed by atoms with Crippen LogP contribution in [0.1, 0.15) is 36.2 Å². The summed E-state index contributed by atoms with van der Waals surface area (Å²) in [5.41, 5.74) is 2.83. The maximum Gasteiger partial charge on any atom is 0.189 e. The standard InChI is InChI=1S/C24H31NO5/c1-8-16(12-18-13-19(27-5)15-22(28-6)24(18)29-7)23(26)17-10-11-21(30-9-2)20(14-17)25(3)4/h10-15H,8-9H2,1-7H3/b16-12+. The number of ether oxygens (including phenoxy) is 4. The summed E-state index contributed by atoms with van der Waals surface area (Å²) < 4.78 is 22.0. The van der Waals surface area contributed by atoms with E-state index in [1.54, 1.807) is 33.5 Å². The zero-order valence-electron chi connectivity index (χ0n) is 18.9. The fourth-order valence-corrected chi connectivity index (χ4v) is 3.18. The van der Waals surface area contributed by atoms with Crippen molar-refractivity contribution in [1.29, 1.82) is 0 Å². The Morgan fingerprint density at radius 3 is 2.23 bits per heavy atom. The van der Waals surface area contributed by atoms with Gasteiger partial charge in [-0.15, -0.1) is 0 Å². The van der Waals surface area contributed by atoms with Crippen molar-refractivity contribution in [2.75, 3.05) is 46.9 Å². The minimum atomic E-state index is -0.0486. The Hall–Kier alpha value is -3.15. The lowest BCUT2D eigenvalue weighted by molar-refractivity contribution is 0.103. The van der Waals surface area contributed by atoms with Crippen molar-refractivity contribution in [2.24, 2.45) is 0 Å². The van der Waals surface area contributed by atoms with E-state index in [1.807, 2.05) is 57.1 Å². The monoisotopic (exact) mass is 413 g/mol. The van der Waals surface area contributed by atoms with E-state index >= 15 is 0 Å². The Balaban J connectivity index is 2.53. The first kappa shape index (κ1) is 23.1. The molecule has 0 saturated carbocycles. The highest BCUT2D eigenvalue weighted by molar-refractivity contribution is 6.12. The highest BCUT2D eigenvalue weighted by Gasteiger charge is 2.17. The number of hydrogen-bond acceptors (Lipinski definition) is 6. The van der Waals surface area contributed by atoms with Gasteiger partial charge in [-0.2, -0.15) is 0 Å². The van der Waals surface area contributed by atoms with Crippen molar-refractivity contribution in [3.8, 4) is 23.0 Å². The van der Waals surface area contributed by atoms with E-state index in [2.05, 4.69) is 0 Å². The number of carbonyl (C=O) groups excluding carboxylic acids is 1. The molecule has 0 atom stereocenters. The molecular weight excluding hydrogens is 382 g/mol. The van der Waals surface area contributed by atoms with Gasteiger partial charge in [0, 0.05) is 36.9 Å². The maximum atomic E-state index is 13.3. The lowest BCUT2D eigenvalue weighted by Crippen LogP contribution is -2.12. The van der Waals surface area contributed by atoms with Crippen molar-refractivity contribution >= 4 is 17.5 Å². The second kappa shape index (κ2) is 10.6. The molecule has 0 fully saturated rings. The van der Waals surface area contributed by atoms with Crippen LogP contribution in [-0.4, -0.2) is 47.8 Å². The molecule has 0 amide bonds. The van der Waals surface area contributed by atoms with Crippen molar-refractivity contribution in [2.45, 2.75) is 20.3 Å². The Labute approximate surface area is 179 Å². The number of anilines is 1. The van der Waals surface area contributed by atoms with Gasteiger partial charge in [-0.1, -0.05) is 6.92 Å². The number of methoxy groups -OCH3 is 3. The second-order valence-electron chi connectivity index (χ2n) is 6.81. The van der Waals surface area contributed by atoms with Crippen molar-refractivity contribution < 1.29 is 23.7 Å². The quantitative estimate of drug-likeness (QED) is 0.410. The molecular formula is C24H31NO5. The molecule has 0 aliphatic heterocycles. The van der Waals surface area contributed by atoms with Crippen LogP contribution in [0.15, 0.2) is 35.9 Å². The Kier molecular flexibility index (Phi) is 8.16. The van der Waals surface area contributed by atoms with Crippen LogP contribution in [0.5, 0.6) is 23.0 Å². The van der Waals surface area contributed by atoms with E-state index in [1.165, 1.54) is 0 Å². The maximum absolute atomic E-state index is 13.3.